The molecule has 0 aliphatic carbocycles. The van der Waals surface area contributed by atoms with Crippen molar-refractivity contribution in [3.05, 3.63) is 34.9 Å². The predicted molar refractivity (Wildman–Crippen MR) is 94.4 cm³/mol. The molecule has 2 rings (SSSR count). The van der Waals surface area contributed by atoms with Gasteiger partial charge in [-0.15, -0.1) is 0 Å². The summed E-state index contributed by atoms with van der Waals surface area (Å²) in [6, 6.07) is 7.04. The Bertz CT molecular complexity index is 632. The highest BCUT2D eigenvalue weighted by molar-refractivity contribution is 6.30. The van der Waals surface area contributed by atoms with Crippen molar-refractivity contribution in [3.63, 3.8) is 0 Å². The Labute approximate surface area is 152 Å². The lowest BCUT2D eigenvalue weighted by Crippen LogP contribution is -2.31. The topological polar surface area (TPSA) is 86.7 Å². The fourth-order valence-electron chi connectivity index (χ4n) is 3.04. The van der Waals surface area contributed by atoms with Crippen LogP contribution in [0.5, 0.6) is 0 Å². The molecular formula is C18H23ClN2O4. The van der Waals surface area contributed by atoms with E-state index < -0.39 is 11.9 Å². The number of hydrogen-bond donors (Lipinski definition) is 2. The molecule has 1 fully saturated rings. The Balaban J connectivity index is 1.98. The monoisotopic (exact) mass is 366 g/mol. The molecule has 1 aliphatic rings. The first-order chi connectivity index (χ1) is 11.9. The van der Waals surface area contributed by atoms with E-state index in [0.717, 1.165) is 12.0 Å². The van der Waals surface area contributed by atoms with Gasteiger partial charge in [-0.05, 0) is 24.1 Å². The first-order valence-electron chi connectivity index (χ1n) is 8.45. The van der Waals surface area contributed by atoms with Crippen molar-refractivity contribution in [1.29, 1.82) is 0 Å². The molecule has 0 aromatic heterocycles. The maximum atomic E-state index is 12.4. The molecule has 0 radical (unpaired) electrons. The van der Waals surface area contributed by atoms with Crippen molar-refractivity contribution in [2.24, 2.45) is 5.92 Å². The summed E-state index contributed by atoms with van der Waals surface area (Å²) >= 11 is 5.88. The molecule has 1 aromatic carbocycles. The molecule has 0 unspecified atom stereocenters. The zero-order chi connectivity index (χ0) is 18.4. The summed E-state index contributed by atoms with van der Waals surface area (Å²) in [7, 11) is 0. The Hall–Kier alpha value is -2.08. The number of nitrogens with one attached hydrogen (secondary N) is 1. The number of benzene rings is 1. The van der Waals surface area contributed by atoms with Gasteiger partial charge < -0.3 is 15.3 Å². The van der Waals surface area contributed by atoms with Crippen molar-refractivity contribution in [2.75, 3.05) is 19.6 Å². The van der Waals surface area contributed by atoms with E-state index >= 15 is 0 Å². The summed E-state index contributed by atoms with van der Waals surface area (Å²) in [5, 5.41) is 12.8. The van der Waals surface area contributed by atoms with Crippen LogP contribution in [0.25, 0.3) is 0 Å². The SMILES string of the molecule is CCCNC(=O)CCC(=O)N1C[C@@H](C(=O)O)[C@H](c2ccc(Cl)cc2)C1. The number of carbonyl (C=O) groups excluding carboxylic acids is 2. The van der Waals surface area contributed by atoms with Crippen LogP contribution in [0.1, 0.15) is 37.7 Å². The van der Waals surface area contributed by atoms with Crippen LogP contribution in [-0.4, -0.2) is 47.4 Å². The molecule has 2 atom stereocenters. The molecule has 1 saturated heterocycles. The zero-order valence-electron chi connectivity index (χ0n) is 14.2. The lowest BCUT2D eigenvalue weighted by atomic mass is 9.89. The van der Waals surface area contributed by atoms with E-state index in [1.807, 2.05) is 6.92 Å². The van der Waals surface area contributed by atoms with E-state index in [2.05, 4.69) is 5.32 Å². The van der Waals surface area contributed by atoms with Gasteiger partial charge in [0.25, 0.3) is 0 Å². The molecule has 7 heteroatoms. The highest BCUT2D eigenvalue weighted by Crippen LogP contribution is 2.33. The van der Waals surface area contributed by atoms with Crippen molar-refractivity contribution < 1.29 is 19.5 Å². The number of hydrogen-bond acceptors (Lipinski definition) is 3. The van der Waals surface area contributed by atoms with Crippen molar-refractivity contribution in [1.82, 2.24) is 10.2 Å². The third-order valence-corrected chi connectivity index (χ3v) is 4.68. The molecule has 1 aromatic rings. The molecular weight excluding hydrogens is 344 g/mol. The number of amides is 2. The van der Waals surface area contributed by atoms with E-state index in [9.17, 15) is 19.5 Å². The summed E-state index contributed by atoms with van der Waals surface area (Å²) < 4.78 is 0. The van der Waals surface area contributed by atoms with Gasteiger partial charge in [-0.1, -0.05) is 30.7 Å². The maximum Gasteiger partial charge on any atom is 0.308 e. The fourth-order valence-corrected chi connectivity index (χ4v) is 3.16. The Morgan fingerprint density at radius 3 is 2.48 bits per heavy atom. The van der Waals surface area contributed by atoms with Gasteiger partial charge in [0.2, 0.25) is 11.8 Å². The van der Waals surface area contributed by atoms with Crippen LogP contribution in [0.3, 0.4) is 0 Å². The number of carboxylic acid groups (broad SMARTS) is 1. The molecule has 0 spiro atoms. The van der Waals surface area contributed by atoms with Gasteiger partial charge in [-0.2, -0.15) is 0 Å². The second-order valence-corrected chi connectivity index (χ2v) is 6.69. The average molecular weight is 367 g/mol. The fraction of sp³-hybridized carbons (Fsp3) is 0.500. The highest BCUT2D eigenvalue weighted by Gasteiger charge is 2.40. The lowest BCUT2D eigenvalue weighted by molar-refractivity contribution is -0.142. The summed E-state index contributed by atoms with van der Waals surface area (Å²) in [5.74, 6) is -2.18. The van der Waals surface area contributed by atoms with Gasteiger partial charge in [0, 0.05) is 43.4 Å². The Morgan fingerprint density at radius 1 is 1.20 bits per heavy atom. The number of carbonyl (C=O) groups is 3. The third kappa shape index (κ3) is 5.19. The van der Waals surface area contributed by atoms with Gasteiger partial charge in [0.05, 0.1) is 5.92 Å². The van der Waals surface area contributed by atoms with Crippen LogP contribution in [0.15, 0.2) is 24.3 Å². The molecule has 2 N–H and O–H groups in total. The van der Waals surface area contributed by atoms with Crippen LogP contribution in [-0.2, 0) is 14.4 Å². The van der Waals surface area contributed by atoms with Crippen molar-refractivity contribution >= 4 is 29.4 Å². The van der Waals surface area contributed by atoms with E-state index in [1.54, 1.807) is 29.2 Å². The maximum absolute atomic E-state index is 12.4. The number of rotatable bonds is 7. The standard InChI is InChI=1S/C18H23ClN2O4/c1-2-9-20-16(22)7-8-17(23)21-10-14(15(11-21)18(24)25)12-3-5-13(19)6-4-12/h3-6,14-15H,2,7-11H2,1H3,(H,20,22)(H,24,25)/t14-,15+/m0/s1. The normalized spacial score (nSPS) is 19.7. The largest absolute Gasteiger partial charge is 0.481 e. The lowest BCUT2D eigenvalue weighted by Gasteiger charge is -2.16. The minimum Gasteiger partial charge on any atom is -0.481 e. The van der Waals surface area contributed by atoms with Crippen molar-refractivity contribution in [3.8, 4) is 0 Å². The number of carboxylic acids is 1. The molecule has 136 valence electrons. The second kappa shape index (κ2) is 8.85. The summed E-state index contributed by atoms with van der Waals surface area (Å²) in [5.41, 5.74) is 0.854. The first-order valence-corrected chi connectivity index (χ1v) is 8.83. The first kappa shape index (κ1) is 19.2. The van der Waals surface area contributed by atoms with Gasteiger partial charge >= 0.3 is 5.97 Å². The molecule has 1 heterocycles. The van der Waals surface area contributed by atoms with Crippen LogP contribution >= 0.6 is 11.6 Å². The Kier molecular flexibility index (Phi) is 6.82. The van der Waals surface area contributed by atoms with Gasteiger partial charge in [0.15, 0.2) is 0 Å². The average Bonchev–Trinajstić information content (AvgIpc) is 3.04. The van der Waals surface area contributed by atoms with Crippen LogP contribution < -0.4 is 5.32 Å². The van der Waals surface area contributed by atoms with E-state index in [-0.39, 0.29) is 37.1 Å². The van der Waals surface area contributed by atoms with Crippen LogP contribution in [0.4, 0.5) is 0 Å². The van der Waals surface area contributed by atoms with E-state index in [4.69, 9.17) is 11.6 Å². The minimum atomic E-state index is -0.920. The van der Waals surface area contributed by atoms with Gasteiger partial charge in [0.1, 0.15) is 0 Å². The number of halogens is 1. The van der Waals surface area contributed by atoms with Crippen LogP contribution in [0, 0.1) is 5.92 Å². The predicted octanol–water partition coefficient (Wildman–Crippen LogP) is 2.27. The third-order valence-electron chi connectivity index (χ3n) is 4.43. The smallest absolute Gasteiger partial charge is 0.308 e. The Morgan fingerprint density at radius 2 is 1.88 bits per heavy atom. The number of likely N-dealkylation sites (tertiary alicyclic amines) is 1. The van der Waals surface area contributed by atoms with Crippen molar-refractivity contribution in [2.45, 2.75) is 32.1 Å². The highest BCUT2D eigenvalue weighted by atomic mass is 35.5. The van der Waals surface area contributed by atoms with Gasteiger partial charge in [-0.3, -0.25) is 14.4 Å². The van der Waals surface area contributed by atoms with Crippen LogP contribution in [0.2, 0.25) is 5.02 Å². The summed E-state index contributed by atoms with van der Waals surface area (Å²) in [4.78, 5) is 37.1. The quantitative estimate of drug-likeness (QED) is 0.775. The second-order valence-electron chi connectivity index (χ2n) is 6.25. The molecule has 0 saturated carbocycles. The molecule has 2 amide bonds. The van der Waals surface area contributed by atoms with Gasteiger partial charge in [-0.25, -0.2) is 0 Å². The van der Waals surface area contributed by atoms with E-state index in [1.165, 1.54) is 0 Å². The molecule has 25 heavy (non-hydrogen) atoms. The number of nitrogens with zero attached hydrogens (tertiary/aromatic N) is 1. The zero-order valence-corrected chi connectivity index (χ0v) is 15.0. The minimum absolute atomic E-state index is 0.0925. The summed E-state index contributed by atoms with van der Waals surface area (Å²) in [6.07, 6.45) is 1.06. The molecule has 6 nitrogen and oxygen atoms in total. The number of aliphatic carboxylic acids is 1. The summed E-state index contributed by atoms with van der Waals surface area (Å²) in [6.45, 7) is 3.06. The van der Waals surface area contributed by atoms with E-state index in [0.29, 0.717) is 18.1 Å². The molecule has 0 bridgehead atoms. The molecule has 1 aliphatic heterocycles.